The Morgan fingerprint density at radius 3 is 1.38 bits per heavy atom. The van der Waals surface area contributed by atoms with Crippen LogP contribution in [-0.2, 0) is 10.8 Å². The van der Waals surface area contributed by atoms with E-state index in [1.165, 1.54) is 109 Å². The third kappa shape index (κ3) is 4.53. The molecule has 0 fully saturated rings. The van der Waals surface area contributed by atoms with Crippen LogP contribution in [-0.4, -0.2) is 0 Å². The number of benzene rings is 10. The molecule has 11 aromatic rings. The maximum atomic E-state index is 2.55. The lowest BCUT2D eigenvalue weighted by atomic mass is 9.52. The first-order chi connectivity index (χ1) is 31.8. The highest BCUT2D eigenvalue weighted by Gasteiger charge is 2.59. The molecule has 3 aliphatic rings. The third-order valence-electron chi connectivity index (χ3n) is 14.6. The minimum Gasteiger partial charge on any atom is -0.308 e. The number of fused-ring (bicyclic) bond motifs is 19. The van der Waals surface area contributed by atoms with Crippen LogP contribution in [0, 0.1) is 0 Å². The highest BCUT2D eigenvalue weighted by atomic mass is 32.1. The first-order valence-corrected chi connectivity index (χ1v) is 23.1. The van der Waals surface area contributed by atoms with Crippen LogP contribution < -0.4 is 4.90 Å². The van der Waals surface area contributed by atoms with Gasteiger partial charge in [-0.2, -0.15) is 0 Å². The Labute approximate surface area is 376 Å². The molecule has 298 valence electrons. The number of hydrogen-bond donors (Lipinski definition) is 0. The van der Waals surface area contributed by atoms with Gasteiger partial charge >= 0.3 is 0 Å². The lowest BCUT2D eigenvalue weighted by Gasteiger charge is -2.48. The Morgan fingerprint density at radius 1 is 0.297 bits per heavy atom. The van der Waals surface area contributed by atoms with Gasteiger partial charge in [-0.15, -0.1) is 11.3 Å². The third-order valence-corrected chi connectivity index (χ3v) is 15.8. The van der Waals surface area contributed by atoms with Crippen molar-refractivity contribution < 1.29 is 0 Å². The summed E-state index contributed by atoms with van der Waals surface area (Å²) < 4.78 is 2.58. The average Bonchev–Trinajstić information content (AvgIpc) is 4.00. The molecule has 1 heterocycles. The first-order valence-electron chi connectivity index (χ1n) is 22.3. The molecule has 0 aliphatic heterocycles. The van der Waals surface area contributed by atoms with Crippen molar-refractivity contribution in [3.8, 4) is 33.4 Å². The predicted molar refractivity (Wildman–Crippen MR) is 268 cm³/mol. The lowest BCUT2D eigenvalue weighted by molar-refractivity contribution is 0.633. The van der Waals surface area contributed by atoms with Gasteiger partial charge in [-0.25, -0.2) is 0 Å². The average molecular weight is 830 g/mol. The van der Waals surface area contributed by atoms with Gasteiger partial charge in [0, 0.05) is 26.7 Å². The number of nitrogens with zero attached hydrogens (tertiary/aromatic N) is 1. The maximum absolute atomic E-state index is 2.55. The quantitative estimate of drug-likeness (QED) is 0.171. The molecule has 2 heteroatoms. The summed E-state index contributed by atoms with van der Waals surface area (Å²) in [6.45, 7) is 0. The molecular formula is C62H39NS. The zero-order valence-corrected chi connectivity index (χ0v) is 35.7. The largest absolute Gasteiger partial charge is 0.308 e. The molecule has 0 N–H and O–H groups in total. The molecule has 0 bridgehead atoms. The number of anilines is 3. The molecule has 0 saturated carbocycles. The zero-order valence-electron chi connectivity index (χ0n) is 34.9. The highest BCUT2D eigenvalue weighted by Crippen LogP contribution is 2.68. The first kappa shape index (κ1) is 35.8. The van der Waals surface area contributed by atoms with Gasteiger partial charge in [-0.3, -0.25) is 0 Å². The van der Waals surface area contributed by atoms with Crippen LogP contribution in [0.2, 0.25) is 0 Å². The van der Waals surface area contributed by atoms with Crippen molar-refractivity contribution in [1.82, 2.24) is 0 Å². The van der Waals surface area contributed by atoms with Crippen molar-refractivity contribution in [1.29, 1.82) is 0 Å². The Hall–Kier alpha value is -7.78. The van der Waals surface area contributed by atoms with Crippen LogP contribution in [0.25, 0.3) is 53.6 Å². The molecule has 0 unspecified atom stereocenters. The van der Waals surface area contributed by atoms with Crippen molar-refractivity contribution in [2.75, 3.05) is 4.90 Å². The molecule has 14 rings (SSSR count). The van der Waals surface area contributed by atoms with Crippen molar-refractivity contribution in [2.45, 2.75) is 10.8 Å². The number of rotatable bonds is 4. The number of hydrogen-bond acceptors (Lipinski definition) is 2. The van der Waals surface area contributed by atoms with E-state index in [9.17, 15) is 0 Å². The van der Waals surface area contributed by atoms with E-state index < -0.39 is 10.8 Å². The van der Waals surface area contributed by atoms with Crippen molar-refractivity contribution in [3.63, 3.8) is 0 Å². The summed E-state index contributed by atoms with van der Waals surface area (Å²) in [5.74, 6) is 0. The molecule has 0 saturated heterocycles. The summed E-state index contributed by atoms with van der Waals surface area (Å²) in [7, 11) is 0. The zero-order chi connectivity index (χ0) is 42.0. The van der Waals surface area contributed by atoms with E-state index in [0.29, 0.717) is 0 Å². The van der Waals surface area contributed by atoms with Crippen molar-refractivity contribution in [3.05, 3.63) is 281 Å². The molecule has 0 radical (unpaired) electrons. The van der Waals surface area contributed by atoms with Gasteiger partial charge in [0.1, 0.15) is 0 Å². The molecule has 0 amide bonds. The molecular weight excluding hydrogens is 791 g/mol. The maximum Gasteiger partial charge on any atom is 0.0720 e. The van der Waals surface area contributed by atoms with Crippen LogP contribution in [0.1, 0.15) is 44.5 Å². The molecule has 64 heavy (non-hydrogen) atoms. The monoisotopic (exact) mass is 829 g/mol. The fourth-order valence-electron chi connectivity index (χ4n) is 12.2. The molecule has 2 spiro atoms. The van der Waals surface area contributed by atoms with Crippen LogP contribution >= 0.6 is 11.3 Å². The van der Waals surface area contributed by atoms with E-state index >= 15 is 0 Å². The highest BCUT2D eigenvalue weighted by molar-refractivity contribution is 7.26. The predicted octanol–water partition coefficient (Wildman–Crippen LogP) is 16.2. The van der Waals surface area contributed by atoms with Gasteiger partial charge < -0.3 is 4.90 Å². The molecule has 3 aliphatic carbocycles. The Balaban J connectivity index is 1.08. The summed E-state index contributed by atoms with van der Waals surface area (Å²) in [4.78, 5) is 2.55. The van der Waals surface area contributed by atoms with Gasteiger partial charge in [0.25, 0.3) is 0 Å². The fraction of sp³-hybridized carbons (Fsp3) is 0.0323. The summed E-state index contributed by atoms with van der Waals surface area (Å²) in [5.41, 5.74) is 20.7. The van der Waals surface area contributed by atoms with E-state index in [1.807, 2.05) is 11.3 Å². The van der Waals surface area contributed by atoms with Crippen LogP contribution in [0.4, 0.5) is 17.1 Å². The van der Waals surface area contributed by atoms with Crippen LogP contribution in [0.5, 0.6) is 0 Å². The number of thiophene rings is 1. The minimum absolute atomic E-state index is 0.482. The Bertz CT molecular complexity index is 3590. The van der Waals surface area contributed by atoms with Gasteiger partial charge in [0.2, 0.25) is 0 Å². The Kier molecular flexibility index (Phi) is 7.47. The normalized spacial score (nSPS) is 14.2. The topological polar surface area (TPSA) is 3.24 Å². The lowest BCUT2D eigenvalue weighted by Crippen LogP contribution is -2.43. The van der Waals surface area contributed by atoms with E-state index in [2.05, 4.69) is 241 Å². The second-order valence-corrected chi connectivity index (χ2v) is 18.5. The minimum atomic E-state index is -0.584. The van der Waals surface area contributed by atoms with E-state index in [4.69, 9.17) is 0 Å². The summed E-state index contributed by atoms with van der Waals surface area (Å²) in [5, 5.41) is 2.58. The van der Waals surface area contributed by atoms with Gasteiger partial charge in [0.15, 0.2) is 0 Å². The van der Waals surface area contributed by atoms with Gasteiger partial charge in [-0.1, -0.05) is 206 Å². The van der Waals surface area contributed by atoms with Crippen LogP contribution in [0.3, 0.4) is 0 Å². The van der Waals surface area contributed by atoms with E-state index in [-0.39, 0.29) is 0 Å². The SMILES string of the molecule is c1ccc(-c2ccc(N(c3cccc4c3-c3ccccc3C43c4ccccc4C4(c5ccccc5-c5ccccc54)c4ccccc43)c3cccc4c3sc3ccccc34)cc2)cc1. The van der Waals surface area contributed by atoms with Crippen molar-refractivity contribution in [2.24, 2.45) is 0 Å². The smallest absolute Gasteiger partial charge is 0.0720 e. The molecule has 0 atom stereocenters. The van der Waals surface area contributed by atoms with E-state index in [0.717, 1.165) is 5.69 Å². The Morgan fingerprint density at radius 2 is 0.734 bits per heavy atom. The summed E-state index contributed by atoms with van der Waals surface area (Å²) >= 11 is 1.89. The summed E-state index contributed by atoms with van der Waals surface area (Å²) in [6.07, 6.45) is 0. The standard InChI is InChI=1S/C62H39NS/c1-2-18-40(19-3-1)41-36-38-42(39-37-41)63(57-34-16-24-46-45-22-7-15-35-58(45)64-60(46)57)56-33-17-32-55-59(56)47-23-6-10-27-50(47)62(55)53-30-13-11-28-51(53)61(52-29-12-14-31-54(52)62)48-25-8-4-20-43(48)44-21-5-9-26-49(44)61/h1-39H. The molecule has 10 aromatic carbocycles. The summed E-state index contributed by atoms with van der Waals surface area (Å²) in [6, 6.07) is 89.0. The van der Waals surface area contributed by atoms with Crippen molar-refractivity contribution >= 4 is 48.6 Å². The second-order valence-electron chi connectivity index (χ2n) is 17.4. The van der Waals surface area contributed by atoms with E-state index in [1.54, 1.807) is 0 Å². The molecule has 1 aromatic heterocycles. The second kappa shape index (κ2) is 13.4. The van der Waals surface area contributed by atoms with Gasteiger partial charge in [0.05, 0.1) is 26.9 Å². The van der Waals surface area contributed by atoms with Gasteiger partial charge in [-0.05, 0) is 103 Å². The van der Waals surface area contributed by atoms with Crippen LogP contribution in [0.15, 0.2) is 237 Å². The fourth-order valence-corrected chi connectivity index (χ4v) is 13.4. The molecule has 1 nitrogen and oxygen atoms in total.